The molecule has 0 heterocycles. The fraction of sp³-hybridized carbons (Fsp3) is 0.222. The van der Waals surface area contributed by atoms with Gasteiger partial charge in [-0.3, -0.25) is 4.79 Å². The summed E-state index contributed by atoms with van der Waals surface area (Å²) in [4.78, 5) is 10.8. The van der Waals surface area contributed by atoms with Crippen LogP contribution in [0.1, 0.15) is 5.56 Å². The number of carbonyl (C=O) groups is 1. The highest BCUT2D eigenvalue weighted by molar-refractivity contribution is 14.1. The van der Waals surface area contributed by atoms with Gasteiger partial charge in [-0.05, 0) is 40.3 Å². The van der Waals surface area contributed by atoms with Crippen LogP contribution in [0.2, 0.25) is 5.02 Å². The summed E-state index contributed by atoms with van der Waals surface area (Å²) >= 11 is 7.92. The van der Waals surface area contributed by atoms with Crippen molar-refractivity contribution in [1.29, 1.82) is 0 Å². The average Bonchev–Trinajstić information content (AvgIpc) is 2.16. The number of nitrogens with one attached hydrogen (secondary N) is 1. The van der Waals surface area contributed by atoms with Crippen molar-refractivity contribution in [3.8, 4) is 0 Å². The van der Waals surface area contributed by atoms with E-state index >= 15 is 0 Å². The fourth-order valence-electron chi connectivity index (χ4n) is 0.915. The minimum absolute atomic E-state index is 0.379. The van der Waals surface area contributed by atoms with Crippen LogP contribution >= 0.6 is 34.2 Å². The molecule has 0 spiro atoms. The van der Waals surface area contributed by atoms with Gasteiger partial charge in [-0.25, -0.2) is 0 Å². The van der Waals surface area contributed by atoms with E-state index in [9.17, 15) is 4.79 Å². The molecule has 1 rings (SSSR count). The van der Waals surface area contributed by atoms with Crippen LogP contribution in [0.5, 0.6) is 0 Å². The maximum Gasteiger partial charge on any atom is 0.245 e. The molecular weight excluding hydrogens is 316 g/mol. The number of halogens is 2. The highest BCUT2D eigenvalue weighted by atomic mass is 127. The lowest BCUT2D eigenvalue weighted by molar-refractivity contribution is -0.123. The smallest absolute Gasteiger partial charge is 0.245 e. The third kappa shape index (κ3) is 3.43. The minimum atomic E-state index is -0.482. The Hall–Kier alpha value is -0.330. The van der Waals surface area contributed by atoms with E-state index in [2.05, 4.69) is 27.9 Å². The van der Waals surface area contributed by atoms with Gasteiger partial charge in [0.05, 0.1) is 0 Å². The van der Waals surface area contributed by atoms with Gasteiger partial charge in [0.15, 0.2) is 0 Å². The summed E-state index contributed by atoms with van der Waals surface area (Å²) in [5.74, 6) is -0.379. The molecule has 0 aliphatic carbocycles. The maximum absolute atomic E-state index is 10.8. The molecule has 1 aromatic carbocycles. The maximum atomic E-state index is 10.8. The number of aliphatic hydroxyl groups is 1. The van der Waals surface area contributed by atoms with E-state index in [0.717, 1.165) is 9.13 Å². The zero-order valence-electron chi connectivity index (χ0n) is 7.26. The Morgan fingerprint density at radius 1 is 1.57 bits per heavy atom. The molecule has 0 unspecified atom stereocenters. The van der Waals surface area contributed by atoms with Crippen molar-refractivity contribution in [2.45, 2.75) is 6.54 Å². The molecule has 0 radical (unpaired) electrons. The second kappa shape index (κ2) is 5.53. The molecule has 0 aliphatic rings. The van der Waals surface area contributed by atoms with Crippen molar-refractivity contribution in [3.63, 3.8) is 0 Å². The minimum Gasteiger partial charge on any atom is -0.387 e. The second-order valence-corrected chi connectivity index (χ2v) is 4.27. The molecule has 3 nitrogen and oxygen atoms in total. The van der Waals surface area contributed by atoms with Crippen molar-refractivity contribution < 1.29 is 9.90 Å². The van der Waals surface area contributed by atoms with E-state index in [1.807, 2.05) is 12.1 Å². The summed E-state index contributed by atoms with van der Waals surface area (Å²) in [5, 5.41) is 11.7. The number of carbonyl (C=O) groups excluding carboxylic acids is 1. The lowest BCUT2D eigenvalue weighted by atomic mass is 10.2. The predicted molar refractivity (Wildman–Crippen MR) is 63.1 cm³/mol. The number of benzene rings is 1. The highest BCUT2D eigenvalue weighted by Gasteiger charge is 2.02. The van der Waals surface area contributed by atoms with Crippen molar-refractivity contribution in [2.75, 3.05) is 6.61 Å². The van der Waals surface area contributed by atoms with Crippen LogP contribution in [0.15, 0.2) is 18.2 Å². The lowest BCUT2D eigenvalue weighted by Crippen LogP contribution is -2.25. The zero-order valence-corrected chi connectivity index (χ0v) is 10.2. The van der Waals surface area contributed by atoms with Crippen LogP contribution in [-0.4, -0.2) is 17.6 Å². The quantitative estimate of drug-likeness (QED) is 0.829. The molecule has 0 saturated carbocycles. The molecule has 0 fully saturated rings. The summed E-state index contributed by atoms with van der Waals surface area (Å²) in [5.41, 5.74) is 0.983. The van der Waals surface area contributed by atoms with Gasteiger partial charge in [-0.15, -0.1) is 0 Å². The first kappa shape index (κ1) is 11.7. The number of aliphatic hydroxyl groups excluding tert-OH is 1. The van der Waals surface area contributed by atoms with Gasteiger partial charge >= 0.3 is 0 Å². The standard InChI is InChI=1S/C9H9ClINO2/c10-7-2-1-6(8(11)3-7)4-12-9(14)5-13/h1-3,13H,4-5H2,(H,12,14). The van der Waals surface area contributed by atoms with Crippen LogP contribution in [0.3, 0.4) is 0 Å². The van der Waals surface area contributed by atoms with Crippen LogP contribution in [0.25, 0.3) is 0 Å². The molecule has 76 valence electrons. The molecule has 1 aromatic rings. The Morgan fingerprint density at radius 2 is 2.29 bits per heavy atom. The van der Waals surface area contributed by atoms with E-state index in [0.29, 0.717) is 11.6 Å². The van der Waals surface area contributed by atoms with Crippen LogP contribution in [0, 0.1) is 3.57 Å². The Morgan fingerprint density at radius 3 is 2.86 bits per heavy atom. The number of amides is 1. The molecule has 2 N–H and O–H groups in total. The van der Waals surface area contributed by atoms with Crippen molar-refractivity contribution in [3.05, 3.63) is 32.4 Å². The Labute approximate surface area is 101 Å². The monoisotopic (exact) mass is 325 g/mol. The van der Waals surface area contributed by atoms with Crippen LogP contribution in [-0.2, 0) is 11.3 Å². The molecular formula is C9H9ClINO2. The van der Waals surface area contributed by atoms with E-state index in [1.165, 1.54) is 0 Å². The van der Waals surface area contributed by atoms with Crippen LogP contribution in [0.4, 0.5) is 0 Å². The topological polar surface area (TPSA) is 49.3 Å². The van der Waals surface area contributed by atoms with E-state index in [-0.39, 0.29) is 5.91 Å². The average molecular weight is 326 g/mol. The SMILES string of the molecule is O=C(CO)NCc1ccc(Cl)cc1I. The summed E-state index contributed by atoms with van der Waals surface area (Å²) < 4.78 is 0.994. The number of rotatable bonds is 3. The van der Waals surface area contributed by atoms with Gasteiger partial charge < -0.3 is 10.4 Å². The third-order valence-corrected chi connectivity index (χ3v) is 2.87. The van der Waals surface area contributed by atoms with Gasteiger partial charge in [0, 0.05) is 15.1 Å². The van der Waals surface area contributed by atoms with Crippen molar-refractivity contribution >= 4 is 40.1 Å². The van der Waals surface area contributed by atoms with Gasteiger partial charge in [-0.1, -0.05) is 17.7 Å². The largest absolute Gasteiger partial charge is 0.387 e. The number of hydrogen-bond acceptors (Lipinski definition) is 2. The van der Waals surface area contributed by atoms with Crippen molar-refractivity contribution in [2.24, 2.45) is 0 Å². The van der Waals surface area contributed by atoms with Gasteiger partial charge in [0.1, 0.15) is 6.61 Å². The molecule has 0 saturated heterocycles. The van der Waals surface area contributed by atoms with E-state index in [1.54, 1.807) is 6.07 Å². The van der Waals surface area contributed by atoms with Gasteiger partial charge in [0.2, 0.25) is 5.91 Å². The van der Waals surface area contributed by atoms with E-state index < -0.39 is 6.61 Å². The third-order valence-electron chi connectivity index (χ3n) is 1.63. The lowest BCUT2D eigenvalue weighted by Gasteiger charge is -2.05. The fourth-order valence-corrected chi connectivity index (χ4v) is 1.98. The summed E-state index contributed by atoms with van der Waals surface area (Å²) in [7, 11) is 0. The molecule has 0 aromatic heterocycles. The Balaban J connectivity index is 2.63. The Bertz CT molecular complexity index is 344. The molecule has 14 heavy (non-hydrogen) atoms. The summed E-state index contributed by atoms with van der Waals surface area (Å²) in [6.07, 6.45) is 0. The summed E-state index contributed by atoms with van der Waals surface area (Å²) in [6.45, 7) is -0.0704. The molecule has 1 amide bonds. The van der Waals surface area contributed by atoms with E-state index in [4.69, 9.17) is 16.7 Å². The summed E-state index contributed by atoms with van der Waals surface area (Å²) in [6, 6.07) is 5.44. The Kier molecular flexibility index (Phi) is 4.64. The predicted octanol–water partition coefficient (Wildman–Crippen LogP) is 1.55. The molecule has 0 atom stereocenters. The van der Waals surface area contributed by atoms with Crippen molar-refractivity contribution in [1.82, 2.24) is 5.32 Å². The first-order chi connectivity index (χ1) is 6.63. The van der Waals surface area contributed by atoms with Gasteiger partial charge in [0.25, 0.3) is 0 Å². The normalized spacial score (nSPS) is 9.93. The molecule has 0 bridgehead atoms. The highest BCUT2D eigenvalue weighted by Crippen LogP contribution is 2.17. The number of hydrogen-bond donors (Lipinski definition) is 2. The zero-order chi connectivity index (χ0) is 10.6. The van der Waals surface area contributed by atoms with Crippen LogP contribution < -0.4 is 5.32 Å². The molecule has 0 aliphatic heterocycles. The second-order valence-electron chi connectivity index (χ2n) is 2.67. The molecule has 5 heteroatoms. The first-order valence-electron chi connectivity index (χ1n) is 3.95. The van der Waals surface area contributed by atoms with Gasteiger partial charge in [-0.2, -0.15) is 0 Å². The first-order valence-corrected chi connectivity index (χ1v) is 5.40.